The summed E-state index contributed by atoms with van der Waals surface area (Å²) in [7, 11) is 0. The average molecular weight is 391 g/mol. The van der Waals surface area contributed by atoms with Gasteiger partial charge in [-0.05, 0) is 42.1 Å². The molecule has 2 bridgehead atoms. The Bertz CT molecular complexity index is 755. The summed E-state index contributed by atoms with van der Waals surface area (Å²) in [4.78, 5) is 37.5. The maximum Gasteiger partial charge on any atom is 0.305 e. The molecule has 2 aliphatic rings. The van der Waals surface area contributed by atoms with Crippen LogP contribution in [0.4, 0.5) is 5.88 Å². The molecule has 1 aromatic rings. The first-order chi connectivity index (χ1) is 13.0. The van der Waals surface area contributed by atoms with Crippen LogP contribution in [0.25, 0.3) is 0 Å². The molecule has 4 N–H and O–H groups in total. The molecule has 28 heavy (non-hydrogen) atoms. The van der Waals surface area contributed by atoms with Crippen LogP contribution in [0.5, 0.6) is 0 Å². The lowest BCUT2D eigenvalue weighted by Crippen LogP contribution is -2.55. The highest BCUT2D eigenvalue weighted by atomic mass is 16.4. The Balaban J connectivity index is 1.73. The number of carboxylic acid groups (broad SMARTS) is 1. The van der Waals surface area contributed by atoms with E-state index in [2.05, 4.69) is 26.1 Å². The number of carboxylic acids is 1. The highest BCUT2D eigenvalue weighted by molar-refractivity contribution is 6.01. The predicted molar refractivity (Wildman–Crippen MR) is 102 cm³/mol. The van der Waals surface area contributed by atoms with Crippen molar-refractivity contribution in [2.75, 3.05) is 11.4 Å². The van der Waals surface area contributed by atoms with E-state index in [1.807, 2.05) is 0 Å². The SMILES string of the molecule is CC12CCC(C1)C(C)(C)C2NC(=O)CN(C(=O)[C@@H](N)CC(=O)O)c1ccco1. The molecule has 3 unspecified atom stereocenters. The average Bonchev–Trinajstić information content (AvgIpc) is 3.29. The maximum atomic E-state index is 12.9. The first-order valence-corrected chi connectivity index (χ1v) is 9.66. The molecule has 0 aliphatic heterocycles. The maximum absolute atomic E-state index is 12.9. The lowest BCUT2D eigenvalue weighted by molar-refractivity contribution is -0.139. The predicted octanol–water partition coefficient (Wildman–Crippen LogP) is 1.75. The van der Waals surface area contributed by atoms with Crippen molar-refractivity contribution in [2.24, 2.45) is 22.5 Å². The molecule has 0 spiro atoms. The zero-order chi connectivity index (χ0) is 20.7. The second-order valence-corrected chi connectivity index (χ2v) is 9.00. The summed E-state index contributed by atoms with van der Waals surface area (Å²) in [6, 6.07) is 1.90. The van der Waals surface area contributed by atoms with Gasteiger partial charge in [0.25, 0.3) is 0 Å². The highest BCUT2D eigenvalue weighted by Crippen LogP contribution is 2.62. The van der Waals surface area contributed by atoms with Crippen molar-refractivity contribution in [1.29, 1.82) is 0 Å². The number of nitrogens with two attached hydrogens (primary N) is 1. The number of carbonyl (C=O) groups is 3. The van der Waals surface area contributed by atoms with Gasteiger partial charge in [-0.25, -0.2) is 0 Å². The molecule has 8 heteroatoms. The molecular weight excluding hydrogens is 362 g/mol. The van der Waals surface area contributed by atoms with Crippen LogP contribution in [0.15, 0.2) is 22.8 Å². The summed E-state index contributed by atoms with van der Waals surface area (Å²) in [5, 5.41) is 12.0. The fraction of sp³-hybridized carbons (Fsp3) is 0.650. The Morgan fingerprint density at radius 3 is 2.64 bits per heavy atom. The summed E-state index contributed by atoms with van der Waals surface area (Å²) in [6.45, 7) is 6.31. The van der Waals surface area contributed by atoms with Gasteiger partial charge in [-0.2, -0.15) is 0 Å². The topological polar surface area (TPSA) is 126 Å². The van der Waals surface area contributed by atoms with Crippen LogP contribution in [-0.2, 0) is 14.4 Å². The van der Waals surface area contributed by atoms with Gasteiger partial charge >= 0.3 is 5.97 Å². The number of carbonyl (C=O) groups excluding carboxylic acids is 2. The minimum atomic E-state index is -1.26. The van der Waals surface area contributed by atoms with Crippen LogP contribution < -0.4 is 16.0 Å². The van der Waals surface area contributed by atoms with Gasteiger partial charge in [0.2, 0.25) is 17.7 Å². The second kappa shape index (κ2) is 7.24. The van der Waals surface area contributed by atoms with Gasteiger partial charge < -0.3 is 20.6 Å². The Morgan fingerprint density at radius 2 is 2.11 bits per heavy atom. The van der Waals surface area contributed by atoms with Crippen molar-refractivity contribution >= 4 is 23.7 Å². The number of hydrogen-bond donors (Lipinski definition) is 3. The van der Waals surface area contributed by atoms with E-state index >= 15 is 0 Å². The van der Waals surface area contributed by atoms with Gasteiger partial charge in [0.15, 0.2) is 0 Å². The molecule has 2 aliphatic carbocycles. The van der Waals surface area contributed by atoms with Crippen LogP contribution >= 0.6 is 0 Å². The van der Waals surface area contributed by atoms with E-state index in [1.165, 1.54) is 12.7 Å². The van der Waals surface area contributed by atoms with Crippen molar-refractivity contribution in [2.45, 2.75) is 58.5 Å². The van der Waals surface area contributed by atoms with E-state index in [1.54, 1.807) is 12.1 Å². The van der Waals surface area contributed by atoms with Crippen LogP contribution in [0.3, 0.4) is 0 Å². The molecule has 0 saturated heterocycles. The molecule has 2 amide bonds. The molecule has 0 aromatic carbocycles. The van der Waals surface area contributed by atoms with Gasteiger partial charge in [0.05, 0.1) is 18.7 Å². The number of furan rings is 1. The highest BCUT2D eigenvalue weighted by Gasteiger charge is 2.59. The summed E-state index contributed by atoms with van der Waals surface area (Å²) in [6.07, 6.45) is 4.21. The monoisotopic (exact) mass is 391 g/mol. The van der Waals surface area contributed by atoms with Gasteiger partial charge in [-0.15, -0.1) is 0 Å². The number of nitrogens with zero attached hydrogens (tertiary/aromatic N) is 1. The second-order valence-electron chi connectivity index (χ2n) is 9.00. The smallest absolute Gasteiger partial charge is 0.305 e. The Morgan fingerprint density at radius 1 is 1.39 bits per heavy atom. The lowest BCUT2D eigenvalue weighted by Gasteiger charge is -2.43. The molecule has 0 radical (unpaired) electrons. The Kier molecular flexibility index (Phi) is 5.27. The largest absolute Gasteiger partial charge is 0.481 e. The zero-order valence-corrected chi connectivity index (χ0v) is 16.6. The summed E-state index contributed by atoms with van der Waals surface area (Å²) >= 11 is 0. The molecule has 2 fully saturated rings. The molecule has 8 nitrogen and oxygen atoms in total. The van der Waals surface area contributed by atoms with Gasteiger partial charge in [0, 0.05) is 12.1 Å². The number of anilines is 1. The van der Waals surface area contributed by atoms with Gasteiger partial charge in [-0.3, -0.25) is 19.3 Å². The third-order valence-electron chi connectivity index (χ3n) is 6.63. The third kappa shape index (κ3) is 3.65. The number of hydrogen-bond acceptors (Lipinski definition) is 5. The van der Waals surface area contributed by atoms with Crippen molar-refractivity contribution in [1.82, 2.24) is 5.32 Å². The number of rotatable bonds is 7. The number of nitrogens with one attached hydrogen (secondary N) is 1. The quantitative estimate of drug-likeness (QED) is 0.650. The standard InChI is InChI=1S/C20H29N3O5/c1-19(2)12-6-7-20(3,10-12)18(19)22-14(24)11-23(15-5-4-8-28-15)17(27)13(21)9-16(25)26/h4-5,8,12-13,18H,6-7,9-11,21H2,1-3H3,(H,22,24)(H,25,26)/t12?,13-,18?,20?/m0/s1. The van der Waals surface area contributed by atoms with E-state index in [0.29, 0.717) is 5.92 Å². The van der Waals surface area contributed by atoms with Crippen LogP contribution in [0.1, 0.15) is 46.5 Å². The minimum Gasteiger partial charge on any atom is -0.481 e. The van der Waals surface area contributed by atoms with Crippen molar-refractivity contribution < 1.29 is 23.9 Å². The summed E-state index contributed by atoms with van der Waals surface area (Å²) < 4.78 is 5.28. The van der Waals surface area contributed by atoms with E-state index in [9.17, 15) is 14.4 Å². The first kappa shape index (κ1) is 20.4. The van der Waals surface area contributed by atoms with Crippen molar-refractivity contribution in [3.63, 3.8) is 0 Å². The van der Waals surface area contributed by atoms with Crippen molar-refractivity contribution in [3.05, 3.63) is 18.4 Å². The van der Waals surface area contributed by atoms with E-state index < -0.39 is 24.3 Å². The van der Waals surface area contributed by atoms with Crippen LogP contribution in [0.2, 0.25) is 0 Å². The molecule has 154 valence electrons. The molecule has 4 atom stereocenters. The fourth-order valence-corrected chi connectivity index (χ4v) is 5.18. The number of aliphatic carboxylic acids is 1. The van der Waals surface area contributed by atoms with E-state index in [0.717, 1.165) is 17.7 Å². The molecule has 2 saturated carbocycles. The summed E-state index contributed by atoms with van der Waals surface area (Å²) in [5.41, 5.74) is 5.78. The zero-order valence-electron chi connectivity index (χ0n) is 16.6. The number of fused-ring (bicyclic) bond motifs is 2. The molecular formula is C20H29N3O5. The van der Waals surface area contributed by atoms with Gasteiger partial charge in [-0.1, -0.05) is 20.8 Å². The summed E-state index contributed by atoms with van der Waals surface area (Å²) in [5.74, 6) is -1.40. The van der Waals surface area contributed by atoms with E-state index in [-0.39, 0.29) is 35.2 Å². The Hall–Kier alpha value is -2.35. The Labute approximate surface area is 164 Å². The molecule has 1 aromatic heterocycles. The van der Waals surface area contributed by atoms with Gasteiger partial charge in [0.1, 0.15) is 6.54 Å². The van der Waals surface area contributed by atoms with Crippen LogP contribution in [0, 0.1) is 16.7 Å². The lowest BCUT2D eigenvalue weighted by atomic mass is 9.68. The van der Waals surface area contributed by atoms with Crippen molar-refractivity contribution in [3.8, 4) is 0 Å². The van der Waals surface area contributed by atoms with E-state index in [4.69, 9.17) is 15.3 Å². The fourth-order valence-electron chi connectivity index (χ4n) is 5.18. The third-order valence-corrected chi connectivity index (χ3v) is 6.63. The van der Waals surface area contributed by atoms with Crippen LogP contribution in [-0.4, -0.2) is 41.5 Å². The minimum absolute atomic E-state index is 0.0120. The molecule has 1 heterocycles. The molecule has 3 rings (SSSR count). The normalized spacial score (nSPS) is 28.7. The first-order valence-electron chi connectivity index (χ1n) is 9.66. The number of amides is 2.